The molecule has 0 aromatic carbocycles. The van der Waals surface area contributed by atoms with Crippen molar-refractivity contribution in [2.45, 2.75) is 38.9 Å². The van der Waals surface area contributed by atoms with E-state index in [0.717, 1.165) is 0 Å². The number of aromatic nitrogens is 1. The molecule has 0 saturated carbocycles. The topological polar surface area (TPSA) is 31.4 Å². The standard InChI is InChI=1S/C13H20FI2NO2Si/c1-13(2,3)20(4,5)19-7-6-18-10-8-9(14)11(15)17-12(10)16/h8H,6-7H2,1-5H3/q-1. The minimum atomic E-state index is -1.75. The number of hydrogen-bond acceptors (Lipinski definition) is 3. The highest BCUT2D eigenvalue weighted by Crippen LogP contribution is 2.36. The first-order valence-electron chi connectivity index (χ1n) is 6.33. The highest BCUT2D eigenvalue weighted by atomic mass is 127. The average Bonchev–Trinajstić information content (AvgIpc) is 2.29. The van der Waals surface area contributed by atoms with E-state index in [4.69, 9.17) is 9.16 Å². The molecule has 1 rings (SSSR count). The first kappa shape index (κ1) is 18.6. The van der Waals surface area contributed by atoms with Crippen LogP contribution in [0.15, 0.2) is 6.07 Å². The lowest BCUT2D eigenvalue weighted by Crippen LogP contribution is -2.41. The second-order valence-corrected chi connectivity index (χ2v) is 12.9. The fraction of sp³-hybridized carbons (Fsp3) is 0.615. The summed E-state index contributed by atoms with van der Waals surface area (Å²) in [4.78, 5) is 4.08. The fourth-order valence-electron chi connectivity index (χ4n) is 1.20. The molecule has 0 N–H and O–H groups in total. The molecule has 0 amide bonds. The molecule has 0 fully saturated rings. The van der Waals surface area contributed by atoms with Crippen LogP contribution >= 0.6 is 45.2 Å². The highest BCUT2D eigenvalue weighted by molar-refractivity contribution is 14.1. The molecular weight excluding hydrogens is 503 g/mol. The molecule has 0 unspecified atom stereocenters. The van der Waals surface area contributed by atoms with Crippen LogP contribution in [0.3, 0.4) is 0 Å². The summed E-state index contributed by atoms with van der Waals surface area (Å²) in [7, 11) is -1.75. The van der Waals surface area contributed by atoms with Gasteiger partial charge in [0.2, 0.25) is 0 Å². The van der Waals surface area contributed by atoms with Gasteiger partial charge in [0.05, 0.1) is 0 Å². The van der Waals surface area contributed by atoms with Crippen molar-refractivity contribution in [2.75, 3.05) is 13.2 Å². The van der Waals surface area contributed by atoms with Gasteiger partial charge in [-0.1, -0.05) is 20.8 Å². The van der Waals surface area contributed by atoms with Gasteiger partial charge in [-0.3, -0.25) is 0 Å². The zero-order valence-electron chi connectivity index (χ0n) is 12.4. The summed E-state index contributed by atoms with van der Waals surface area (Å²) >= 11 is 3.91. The minimum Gasteiger partial charge on any atom is -0.562 e. The van der Waals surface area contributed by atoms with Crippen LogP contribution in [0.1, 0.15) is 20.8 Å². The third-order valence-corrected chi connectivity index (χ3v) is 9.53. The number of halogens is 3. The van der Waals surface area contributed by atoms with Crippen molar-refractivity contribution in [3.05, 3.63) is 19.3 Å². The van der Waals surface area contributed by atoms with E-state index in [9.17, 15) is 4.39 Å². The van der Waals surface area contributed by atoms with Gasteiger partial charge in [-0.2, -0.15) is 0 Å². The molecular formula is C13H20FI2NO2Si-. The van der Waals surface area contributed by atoms with E-state index >= 15 is 0 Å². The average molecular weight is 523 g/mol. The van der Waals surface area contributed by atoms with Gasteiger partial charge >= 0.3 is 0 Å². The summed E-state index contributed by atoms with van der Waals surface area (Å²) in [6.45, 7) is 11.9. The van der Waals surface area contributed by atoms with Gasteiger partial charge in [-0.25, -0.2) is 9.37 Å². The third kappa shape index (κ3) is 5.06. The Hall–Kier alpha value is 0.517. The summed E-state index contributed by atoms with van der Waals surface area (Å²) in [5.74, 6) is 0.119. The van der Waals surface area contributed by atoms with E-state index in [-0.39, 0.29) is 10.9 Å². The summed E-state index contributed by atoms with van der Waals surface area (Å²) in [5, 5.41) is 0.179. The van der Waals surface area contributed by atoms with E-state index in [1.54, 1.807) is 0 Å². The van der Waals surface area contributed by atoms with Crippen molar-refractivity contribution in [2.24, 2.45) is 0 Å². The molecule has 0 bridgehead atoms. The second kappa shape index (κ2) is 7.19. The molecule has 3 nitrogen and oxygen atoms in total. The summed E-state index contributed by atoms with van der Waals surface area (Å²) in [6.07, 6.45) is 0. The molecule has 0 aliphatic rings. The molecule has 0 spiro atoms. The van der Waals surface area contributed by atoms with Gasteiger partial charge in [-0.05, 0) is 53.5 Å². The van der Waals surface area contributed by atoms with Gasteiger partial charge in [0.1, 0.15) is 14.0 Å². The lowest BCUT2D eigenvalue weighted by molar-refractivity contribution is 0.201. The fourth-order valence-corrected chi connectivity index (χ4v) is 3.63. The van der Waals surface area contributed by atoms with E-state index in [1.807, 2.05) is 45.2 Å². The van der Waals surface area contributed by atoms with Gasteiger partial charge < -0.3 is 9.16 Å². The molecule has 0 aliphatic heterocycles. The van der Waals surface area contributed by atoms with Crippen molar-refractivity contribution in [1.29, 1.82) is 0 Å². The van der Waals surface area contributed by atoms with Crippen LogP contribution in [0.2, 0.25) is 18.1 Å². The SMILES string of the molecule is CC(C)(C)[Si-](C)(C)OCCOc1cc(F)c(I)nc1I. The Morgan fingerprint density at radius 2 is 1.80 bits per heavy atom. The molecule has 115 valence electrons. The number of nitrogens with zero attached hydrogens (tertiary/aromatic N) is 1. The number of hydrogen-bond donors (Lipinski definition) is 0. The van der Waals surface area contributed by atoms with Gasteiger partial charge in [0, 0.05) is 12.7 Å². The minimum absolute atomic E-state index is 0.179. The molecule has 0 radical (unpaired) electrons. The van der Waals surface area contributed by atoms with Crippen LogP contribution in [0.25, 0.3) is 0 Å². The maximum absolute atomic E-state index is 13.4. The summed E-state index contributed by atoms with van der Waals surface area (Å²) < 4.78 is 26.0. The van der Waals surface area contributed by atoms with Crippen molar-refractivity contribution < 1.29 is 13.6 Å². The van der Waals surface area contributed by atoms with Crippen molar-refractivity contribution in [3.63, 3.8) is 0 Å². The monoisotopic (exact) mass is 523 g/mol. The quantitative estimate of drug-likeness (QED) is 0.240. The Morgan fingerprint density at radius 1 is 1.20 bits per heavy atom. The van der Waals surface area contributed by atoms with Crippen LogP contribution in [-0.2, 0) is 4.43 Å². The normalized spacial score (nSPS) is 12.6. The second-order valence-electron chi connectivity index (χ2n) is 6.01. The summed E-state index contributed by atoms with van der Waals surface area (Å²) in [6, 6.07) is 1.38. The van der Waals surface area contributed by atoms with Crippen LogP contribution < -0.4 is 4.74 Å². The molecule has 0 aliphatic carbocycles. The van der Waals surface area contributed by atoms with Crippen LogP contribution in [-0.4, -0.2) is 26.5 Å². The largest absolute Gasteiger partial charge is 0.562 e. The molecule has 1 aromatic rings. The summed E-state index contributed by atoms with van der Waals surface area (Å²) in [5.41, 5.74) is 0. The van der Waals surface area contributed by atoms with Gasteiger partial charge in [0.15, 0.2) is 11.6 Å². The maximum atomic E-state index is 13.4. The smallest absolute Gasteiger partial charge is 0.158 e. The Bertz CT molecular complexity index is 478. The number of pyridine rings is 1. The van der Waals surface area contributed by atoms with Gasteiger partial charge in [-0.15, -0.1) is 18.1 Å². The molecule has 0 saturated heterocycles. The van der Waals surface area contributed by atoms with E-state index in [1.165, 1.54) is 6.07 Å². The van der Waals surface area contributed by atoms with Crippen molar-refractivity contribution in [1.82, 2.24) is 4.98 Å². The number of rotatable bonds is 5. The van der Waals surface area contributed by atoms with Crippen molar-refractivity contribution >= 4 is 53.5 Å². The van der Waals surface area contributed by atoms with Crippen LogP contribution in [0, 0.1) is 13.2 Å². The number of ether oxygens (including phenoxy) is 1. The van der Waals surface area contributed by atoms with E-state index in [0.29, 0.717) is 26.4 Å². The molecule has 20 heavy (non-hydrogen) atoms. The molecule has 0 atom stereocenters. The zero-order valence-corrected chi connectivity index (χ0v) is 17.7. The van der Waals surface area contributed by atoms with E-state index in [2.05, 4.69) is 38.8 Å². The van der Waals surface area contributed by atoms with Crippen LogP contribution in [0.4, 0.5) is 4.39 Å². The predicted octanol–water partition coefficient (Wildman–Crippen LogP) is 4.83. The molecule has 1 heterocycles. The Morgan fingerprint density at radius 3 is 2.35 bits per heavy atom. The van der Waals surface area contributed by atoms with Crippen molar-refractivity contribution in [3.8, 4) is 5.75 Å². The Balaban J connectivity index is 2.52. The van der Waals surface area contributed by atoms with Crippen LogP contribution in [0.5, 0.6) is 5.75 Å². The highest BCUT2D eigenvalue weighted by Gasteiger charge is 2.24. The third-order valence-electron chi connectivity index (χ3n) is 3.46. The molecule has 1 aromatic heterocycles. The van der Waals surface area contributed by atoms with E-state index < -0.39 is 8.32 Å². The Kier molecular flexibility index (Phi) is 6.67. The van der Waals surface area contributed by atoms with Gasteiger partial charge in [0.25, 0.3) is 0 Å². The lowest BCUT2D eigenvalue weighted by Gasteiger charge is -2.48. The lowest BCUT2D eigenvalue weighted by atomic mass is 10.2. The zero-order chi connectivity index (χ0) is 15.6. The first-order chi connectivity index (χ1) is 9.04. The first-order valence-corrected chi connectivity index (χ1v) is 11.4. The Labute approximate surface area is 148 Å². The maximum Gasteiger partial charge on any atom is 0.158 e. The predicted molar refractivity (Wildman–Crippen MR) is 98.3 cm³/mol. The molecule has 7 heteroatoms.